The van der Waals surface area contributed by atoms with Gasteiger partial charge < -0.3 is 0 Å². The van der Waals surface area contributed by atoms with Crippen molar-refractivity contribution in [1.29, 1.82) is 0 Å². The molecular formula is C10H13N3O. The average Bonchev–Trinajstić information content (AvgIpc) is 2.47. The van der Waals surface area contributed by atoms with Crippen LogP contribution >= 0.6 is 0 Å². The third-order valence-corrected chi connectivity index (χ3v) is 2.22. The third kappa shape index (κ3) is 1.32. The summed E-state index contributed by atoms with van der Waals surface area (Å²) in [5.41, 5.74) is 2.42. The fraction of sp³-hybridized carbons (Fsp3) is 0.400. The Kier molecular flexibility index (Phi) is 1.91. The highest BCUT2D eigenvalue weighted by Crippen LogP contribution is 2.12. The highest BCUT2D eigenvalue weighted by molar-refractivity contribution is 5.40. The maximum atomic E-state index is 11.5. The van der Waals surface area contributed by atoms with E-state index in [1.165, 1.54) is 10.6 Å². The molecular weight excluding hydrogens is 178 g/mol. The van der Waals surface area contributed by atoms with Crippen molar-refractivity contribution in [1.82, 2.24) is 14.6 Å². The molecule has 0 amide bonds. The molecule has 0 aliphatic rings. The maximum Gasteiger partial charge on any atom is 0.272 e. The van der Waals surface area contributed by atoms with E-state index < -0.39 is 0 Å². The van der Waals surface area contributed by atoms with Crippen LogP contribution in [-0.4, -0.2) is 14.6 Å². The summed E-state index contributed by atoms with van der Waals surface area (Å²) in [6, 6.07) is 3.44. The second-order valence-electron chi connectivity index (χ2n) is 3.80. The fourth-order valence-corrected chi connectivity index (χ4v) is 1.42. The summed E-state index contributed by atoms with van der Waals surface area (Å²) in [6.45, 7) is 5.97. The zero-order valence-electron chi connectivity index (χ0n) is 8.53. The molecule has 0 aliphatic carbocycles. The number of aromatic amines is 1. The zero-order chi connectivity index (χ0) is 10.3. The van der Waals surface area contributed by atoms with Crippen molar-refractivity contribution in [3.05, 3.63) is 33.9 Å². The lowest BCUT2D eigenvalue weighted by Crippen LogP contribution is -2.14. The molecule has 4 nitrogen and oxygen atoms in total. The first-order valence-electron chi connectivity index (χ1n) is 4.67. The van der Waals surface area contributed by atoms with Crippen molar-refractivity contribution in [2.75, 3.05) is 0 Å². The number of hydrogen-bond donors (Lipinski definition) is 1. The Hall–Kier alpha value is -1.58. The Balaban J connectivity index is 2.77. The standard InChI is InChI=1S/C10H13N3O/c1-6(2)8-5-9-11-7(3)4-10(14)13(9)12-8/h4-6,12H,1-3H3. The van der Waals surface area contributed by atoms with Gasteiger partial charge >= 0.3 is 0 Å². The van der Waals surface area contributed by atoms with Crippen LogP contribution in [0.1, 0.15) is 31.2 Å². The van der Waals surface area contributed by atoms with Crippen molar-refractivity contribution in [3.63, 3.8) is 0 Å². The van der Waals surface area contributed by atoms with E-state index in [4.69, 9.17) is 0 Å². The van der Waals surface area contributed by atoms with Crippen LogP contribution in [0.5, 0.6) is 0 Å². The third-order valence-electron chi connectivity index (χ3n) is 2.22. The number of fused-ring (bicyclic) bond motifs is 1. The molecule has 0 fully saturated rings. The van der Waals surface area contributed by atoms with Gasteiger partial charge in [0, 0.05) is 23.5 Å². The van der Waals surface area contributed by atoms with E-state index in [-0.39, 0.29) is 5.56 Å². The van der Waals surface area contributed by atoms with Gasteiger partial charge in [0.2, 0.25) is 0 Å². The van der Waals surface area contributed by atoms with E-state index in [9.17, 15) is 4.79 Å². The van der Waals surface area contributed by atoms with Crippen LogP contribution in [0, 0.1) is 6.92 Å². The first kappa shape index (κ1) is 8.99. The molecule has 4 heteroatoms. The highest BCUT2D eigenvalue weighted by atomic mass is 16.1. The van der Waals surface area contributed by atoms with E-state index in [1.807, 2.05) is 13.0 Å². The Morgan fingerprint density at radius 3 is 2.79 bits per heavy atom. The SMILES string of the molecule is Cc1cc(=O)n2[nH]c(C(C)C)cc2n1. The van der Waals surface area contributed by atoms with Crippen LogP contribution < -0.4 is 5.56 Å². The van der Waals surface area contributed by atoms with Crippen LogP contribution in [-0.2, 0) is 0 Å². The lowest BCUT2D eigenvalue weighted by molar-refractivity contribution is 0.775. The predicted octanol–water partition coefficient (Wildman–Crippen LogP) is 1.45. The number of aromatic nitrogens is 3. The predicted molar refractivity (Wildman–Crippen MR) is 54.6 cm³/mol. The van der Waals surface area contributed by atoms with Gasteiger partial charge in [0.1, 0.15) is 0 Å². The van der Waals surface area contributed by atoms with Crippen LogP contribution in [0.3, 0.4) is 0 Å². The summed E-state index contributed by atoms with van der Waals surface area (Å²) >= 11 is 0. The molecule has 2 aromatic rings. The van der Waals surface area contributed by atoms with Crippen LogP contribution in [0.2, 0.25) is 0 Å². The van der Waals surface area contributed by atoms with Crippen molar-refractivity contribution in [2.45, 2.75) is 26.7 Å². The number of aryl methyl sites for hydroxylation is 1. The number of nitrogens with one attached hydrogen (secondary N) is 1. The van der Waals surface area contributed by atoms with E-state index >= 15 is 0 Å². The molecule has 0 aliphatic heterocycles. The van der Waals surface area contributed by atoms with Gasteiger partial charge in [-0.3, -0.25) is 9.89 Å². The summed E-state index contributed by atoms with van der Waals surface area (Å²) in [6.07, 6.45) is 0. The lowest BCUT2D eigenvalue weighted by Gasteiger charge is -1.97. The summed E-state index contributed by atoms with van der Waals surface area (Å²) in [7, 11) is 0. The molecule has 2 aromatic heterocycles. The second kappa shape index (κ2) is 2.97. The quantitative estimate of drug-likeness (QED) is 0.741. The van der Waals surface area contributed by atoms with Crippen molar-refractivity contribution in [3.8, 4) is 0 Å². The smallest absolute Gasteiger partial charge is 0.272 e. The zero-order valence-corrected chi connectivity index (χ0v) is 8.53. The lowest BCUT2D eigenvalue weighted by atomic mass is 10.1. The number of H-pyrrole nitrogens is 1. The fourth-order valence-electron chi connectivity index (χ4n) is 1.42. The molecule has 0 atom stereocenters. The molecule has 0 saturated heterocycles. The van der Waals surface area contributed by atoms with Gasteiger partial charge in [-0.05, 0) is 12.8 Å². The monoisotopic (exact) mass is 191 g/mol. The van der Waals surface area contributed by atoms with E-state index in [0.717, 1.165) is 11.4 Å². The minimum absolute atomic E-state index is 0.0561. The first-order valence-corrected chi connectivity index (χ1v) is 4.67. The summed E-state index contributed by atoms with van der Waals surface area (Å²) in [5, 5.41) is 3.03. The largest absolute Gasteiger partial charge is 0.293 e. The van der Waals surface area contributed by atoms with E-state index in [2.05, 4.69) is 23.9 Å². The van der Waals surface area contributed by atoms with Gasteiger partial charge in [-0.1, -0.05) is 13.8 Å². The molecule has 0 spiro atoms. The number of nitrogens with zero attached hydrogens (tertiary/aromatic N) is 2. The van der Waals surface area contributed by atoms with Gasteiger partial charge in [-0.15, -0.1) is 0 Å². The van der Waals surface area contributed by atoms with Gasteiger partial charge in [0.05, 0.1) is 0 Å². The molecule has 2 heterocycles. The first-order chi connectivity index (χ1) is 6.58. The van der Waals surface area contributed by atoms with Crippen LogP contribution in [0.15, 0.2) is 16.9 Å². The minimum atomic E-state index is -0.0561. The molecule has 2 rings (SSSR count). The Bertz CT molecular complexity index is 522. The summed E-state index contributed by atoms with van der Waals surface area (Å²) in [5.74, 6) is 0.372. The second-order valence-corrected chi connectivity index (χ2v) is 3.80. The van der Waals surface area contributed by atoms with Crippen LogP contribution in [0.25, 0.3) is 5.65 Å². The Morgan fingerprint density at radius 2 is 2.14 bits per heavy atom. The molecule has 0 radical (unpaired) electrons. The molecule has 0 unspecified atom stereocenters. The number of hydrogen-bond acceptors (Lipinski definition) is 2. The molecule has 1 N–H and O–H groups in total. The number of rotatable bonds is 1. The van der Waals surface area contributed by atoms with Gasteiger partial charge in [-0.25, -0.2) is 9.50 Å². The average molecular weight is 191 g/mol. The van der Waals surface area contributed by atoms with Gasteiger partial charge in [0.25, 0.3) is 5.56 Å². The van der Waals surface area contributed by atoms with Crippen molar-refractivity contribution >= 4 is 5.65 Å². The Morgan fingerprint density at radius 1 is 1.43 bits per heavy atom. The van der Waals surface area contributed by atoms with Crippen LogP contribution in [0.4, 0.5) is 0 Å². The molecule has 0 aromatic carbocycles. The summed E-state index contributed by atoms with van der Waals surface area (Å²) in [4.78, 5) is 15.8. The molecule has 74 valence electrons. The van der Waals surface area contributed by atoms with Gasteiger partial charge in [-0.2, -0.15) is 0 Å². The molecule has 14 heavy (non-hydrogen) atoms. The van der Waals surface area contributed by atoms with Crippen molar-refractivity contribution in [2.24, 2.45) is 0 Å². The molecule has 0 saturated carbocycles. The summed E-state index contributed by atoms with van der Waals surface area (Å²) < 4.78 is 1.47. The minimum Gasteiger partial charge on any atom is -0.293 e. The Labute approximate surface area is 81.6 Å². The maximum absolute atomic E-state index is 11.5. The normalized spacial score (nSPS) is 11.4. The van der Waals surface area contributed by atoms with Gasteiger partial charge in [0.15, 0.2) is 5.65 Å². The topological polar surface area (TPSA) is 50.2 Å². The van der Waals surface area contributed by atoms with Crippen molar-refractivity contribution < 1.29 is 0 Å². The van der Waals surface area contributed by atoms with E-state index in [1.54, 1.807) is 0 Å². The molecule has 0 bridgehead atoms. The highest BCUT2D eigenvalue weighted by Gasteiger charge is 2.06. The van der Waals surface area contributed by atoms with E-state index in [0.29, 0.717) is 11.6 Å².